The van der Waals surface area contributed by atoms with E-state index in [1.165, 1.54) is 30.5 Å². The van der Waals surface area contributed by atoms with Crippen LogP contribution in [0.2, 0.25) is 0 Å². The molecule has 1 aromatic rings. The molecule has 2 nitrogen and oxygen atoms in total. The Morgan fingerprint density at radius 1 is 1.31 bits per heavy atom. The smallest absolute Gasteiger partial charge is 0.0373 e. The van der Waals surface area contributed by atoms with Crippen molar-refractivity contribution in [3.63, 3.8) is 0 Å². The average molecular weight is 214 g/mol. The molecule has 1 fully saturated rings. The monoisotopic (exact) mass is 214 g/mol. The molecule has 1 aromatic heterocycles. The van der Waals surface area contributed by atoms with Gasteiger partial charge in [-0.25, -0.2) is 0 Å². The summed E-state index contributed by atoms with van der Waals surface area (Å²) >= 11 is 0. The van der Waals surface area contributed by atoms with Gasteiger partial charge in [-0.05, 0) is 55.3 Å². The minimum Gasteiger partial charge on any atom is -0.316 e. The molecule has 2 heterocycles. The normalized spacial score (nSPS) is 28.7. The molecule has 2 atom stereocenters. The molecule has 0 amide bonds. The standard InChI is InChI=1S/C14H18N2/c1-10-2-3-13(9-16-10)11-4-5-12-7-15-8-14(12)6-11/h2-3,6,9,12,14-15H,4-5,7-8H2,1H3. The molecule has 2 heteroatoms. The molecule has 1 aliphatic carbocycles. The molecule has 0 aromatic carbocycles. The van der Waals surface area contributed by atoms with Crippen LogP contribution in [0.4, 0.5) is 0 Å². The summed E-state index contributed by atoms with van der Waals surface area (Å²) < 4.78 is 0. The summed E-state index contributed by atoms with van der Waals surface area (Å²) in [5, 5.41) is 3.49. The lowest BCUT2D eigenvalue weighted by Gasteiger charge is -2.23. The van der Waals surface area contributed by atoms with Gasteiger partial charge in [0.2, 0.25) is 0 Å². The summed E-state index contributed by atoms with van der Waals surface area (Å²) in [6.07, 6.45) is 7.04. The molecule has 1 aliphatic heterocycles. The topological polar surface area (TPSA) is 24.9 Å². The van der Waals surface area contributed by atoms with Crippen LogP contribution >= 0.6 is 0 Å². The van der Waals surface area contributed by atoms with E-state index in [9.17, 15) is 0 Å². The predicted octanol–water partition coefficient (Wildman–Crippen LogP) is 2.40. The summed E-state index contributed by atoms with van der Waals surface area (Å²) in [5.74, 6) is 1.63. The number of pyridine rings is 1. The maximum absolute atomic E-state index is 4.38. The number of fused-ring (bicyclic) bond motifs is 1. The van der Waals surface area contributed by atoms with Gasteiger partial charge in [0.15, 0.2) is 0 Å². The summed E-state index contributed by atoms with van der Waals surface area (Å²) in [7, 11) is 0. The molecular formula is C14H18N2. The highest BCUT2D eigenvalue weighted by Crippen LogP contribution is 2.35. The predicted molar refractivity (Wildman–Crippen MR) is 66.0 cm³/mol. The Bertz CT molecular complexity index is 405. The fraction of sp³-hybridized carbons (Fsp3) is 0.500. The third kappa shape index (κ3) is 1.78. The zero-order chi connectivity index (χ0) is 11.0. The van der Waals surface area contributed by atoms with Gasteiger partial charge in [0.25, 0.3) is 0 Å². The average Bonchev–Trinajstić information content (AvgIpc) is 2.77. The summed E-state index contributed by atoms with van der Waals surface area (Å²) in [5.41, 5.74) is 3.91. The van der Waals surface area contributed by atoms with Crippen LogP contribution in [0.15, 0.2) is 24.4 Å². The van der Waals surface area contributed by atoms with Crippen LogP contribution in [0.25, 0.3) is 5.57 Å². The second-order valence-corrected chi connectivity index (χ2v) is 5.00. The van der Waals surface area contributed by atoms with Crippen molar-refractivity contribution in [3.8, 4) is 0 Å². The third-order valence-electron chi connectivity index (χ3n) is 3.87. The van der Waals surface area contributed by atoms with Crippen molar-refractivity contribution in [2.24, 2.45) is 11.8 Å². The van der Waals surface area contributed by atoms with Crippen molar-refractivity contribution in [2.45, 2.75) is 19.8 Å². The van der Waals surface area contributed by atoms with E-state index in [1.807, 2.05) is 13.1 Å². The minimum absolute atomic E-state index is 0.755. The van der Waals surface area contributed by atoms with E-state index in [0.717, 1.165) is 24.1 Å². The van der Waals surface area contributed by atoms with Gasteiger partial charge in [0, 0.05) is 18.4 Å². The first-order chi connectivity index (χ1) is 7.83. The highest BCUT2D eigenvalue weighted by Gasteiger charge is 2.28. The quantitative estimate of drug-likeness (QED) is 0.776. The van der Waals surface area contributed by atoms with Gasteiger partial charge < -0.3 is 5.32 Å². The van der Waals surface area contributed by atoms with Crippen molar-refractivity contribution in [3.05, 3.63) is 35.7 Å². The number of allylic oxidation sites excluding steroid dienone is 1. The van der Waals surface area contributed by atoms with Gasteiger partial charge in [0.1, 0.15) is 0 Å². The van der Waals surface area contributed by atoms with E-state index in [1.54, 1.807) is 0 Å². The van der Waals surface area contributed by atoms with Gasteiger partial charge >= 0.3 is 0 Å². The molecule has 0 saturated carbocycles. The van der Waals surface area contributed by atoms with Crippen LogP contribution in [-0.2, 0) is 0 Å². The van der Waals surface area contributed by atoms with Crippen LogP contribution in [0.3, 0.4) is 0 Å². The first-order valence-electron chi connectivity index (χ1n) is 6.17. The molecule has 1 N–H and O–H groups in total. The van der Waals surface area contributed by atoms with E-state index < -0.39 is 0 Å². The van der Waals surface area contributed by atoms with Crippen LogP contribution in [-0.4, -0.2) is 18.1 Å². The molecule has 0 spiro atoms. The molecular weight excluding hydrogens is 196 g/mol. The molecule has 2 aliphatic rings. The second kappa shape index (κ2) is 4.02. The summed E-state index contributed by atoms with van der Waals surface area (Å²) in [4.78, 5) is 4.38. The van der Waals surface area contributed by atoms with Gasteiger partial charge in [-0.1, -0.05) is 12.1 Å². The zero-order valence-corrected chi connectivity index (χ0v) is 9.74. The van der Waals surface area contributed by atoms with Gasteiger partial charge in [0.05, 0.1) is 0 Å². The summed E-state index contributed by atoms with van der Waals surface area (Å²) in [6.45, 7) is 4.41. The maximum Gasteiger partial charge on any atom is 0.0373 e. The number of nitrogens with one attached hydrogen (secondary N) is 1. The number of hydrogen-bond donors (Lipinski definition) is 1. The molecule has 84 valence electrons. The number of hydrogen-bond acceptors (Lipinski definition) is 2. The number of aromatic nitrogens is 1. The highest BCUT2D eigenvalue weighted by atomic mass is 14.9. The zero-order valence-electron chi connectivity index (χ0n) is 9.74. The maximum atomic E-state index is 4.38. The van der Waals surface area contributed by atoms with Crippen molar-refractivity contribution in [2.75, 3.05) is 13.1 Å². The number of rotatable bonds is 1. The minimum atomic E-state index is 0.755. The SMILES string of the molecule is Cc1ccc(C2=CC3CNCC3CC2)cn1. The Hall–Kier alpha value is -1.15. The highest BCUT2D eigenvalue weighted by molar-refractivity contribution is 5.66. The lowest BCUT2D eigenvalue weighted by Crippen LogP contribution is -2.15. The van der Waals surface area contributed by atoms with Crippen LogP contribution in [0.1, 0.15) is 24.1 Å². The first-order valence-corrected chi connectivity index (χ1v) is 6.17. The number of aryl methyl sites for hydroxylation is 1. The first kappa shape index (κ1) is 10.0. The van der Waals surface area contributed by atoms with E-state index in [-0.39, 0.29) is 0 Å². The molecule has 2 unspecified atom stereocenters. The Morgan fingerprint density at radius 2 is 2.25 bits per heavy atom. The van der Waals surface area contributed by atoms with Crippen molar-refractivity contribution >= 4 is 5.57 Å². The molecule has 3 rings (SSSR count). The van der Waals surface area contributed by atoms with Crippen molar-refractivity contribution < 1.29 is 0 Å². The summed E-state index contributed by atoms with van der Waals surface area (Å²) in [6, 6.07) is 4.31. The lowest BCUT2D eigenvalue weighted by molar-refractivity contribution is 0.448. The van der Waals surface area contributed by atoms with Gasteiger partial charge in [-0.3, -0.25) is 4.98 Å². The van der Waals surface area contributed by atoms with Gasteiger partial charge in [-0.2, -0.15) is 0 Å². The lowest BCUT2D eigenvalue weighted by atomic mass is 9.81. The van der Waals surface area contributed by atoms with Crippen LogP contribution in [0.5, 0.6) is 0 Å². The number of nitrogens with zero attached hydrogens (tertiary/aromatic N) is 1. The molecule has 0 bridgehead atoms. The van der Waals surface area contributed by atoms with E-state index >= 15 is 0 Å². The Kier molecular flexibility index (Phi) is 2.52. The fourth-order valence-electron chi connectivity index (χ4n) is 2.85. The molecule has 16 heavy (non-hydrogen) atoms. The second-order valence-electron chi connectivity index (χ2n) is 5.00. The largest absolute Gasteiger partial charge is 0.316 e. The van der Waals surface area contributed by atoms with Crippen molar-refractivity contribution in [1.82, 2.24) is 10.3 Å². The van der Waals surface area contributed by atoms with Crippen LogP contribution < -0.4 is 5.32 Å². The molecule has 1 saturated heterocycles. The van der Waals surface area contributed by atoms with Crippen molar-refractivity contribution in [1.29, 1.82) is 0 Å². The Labute approximate surface area is 96.8 Å². The van der Waals surface area contributed by atoms with E-state index in [2.05, 4.69) is 28.5 Å². The van der Waals surface area contributed by atoms with E-state index in [4.69, 9.17) is 0 Å². The van der Waals surface area contributed by atoms with Gasteiger partial charge in [-0.15, -0.1) is 0 Å². The Balaban J connectivity index is 1.87. The molecule has 0 radical (unpaired) electrons. The third-order valence-corrected chi connectivity index (χ3v) is 3.87. The fourth-order valence-corrected chi connectivity index (χ4v) is 2.85. The van der Waals surface area contributed by atoms with E-state index in [0.29, 0.717) is 0 Å². The van der Waals surface area contributed by atoms with Crippen LogP contribution in [0, 0.1) is 18.8 Å². The Morgan fingerprint density at radius 3 is 3.06 bits per heavy atom.